The molecule has 2 aromatic rings. The minimum atomic E-state index is -0.652. The third-order valence-corrected chi connectivity index (χ3v) is 4.26. The van der Waals surface area contributed by atoms with Crippen LogP contribution in [-0.4, -0.2) is 7.05 Å². The van der Waals surface area contributed by atoms with E-state index in [4.69, 9.17) is 23.2 Å². The van der Waals surface area contributed by atoms with Crippen LogP contribution in [0.25, 0.3) is 0 Å². The molecule has 1 N–H and O–H groups in total. The van der Waals surface area contributed by atoms with Gasteiger partial charge in [-0.15, -0.1) is 11.3 Å². The summed E-state index contributed by atoms with van der Waals surface area (Å²) in [6.07, 6.45) is 0. The molecule has 0 bridgehead atoms. The van der Waals surface area contributed by atoms with Gasteiger partial charge in [-0.3, -0.25) is 0 Å². The van der Waals surface area contributed by atoms with Crippen LogP contribution < -0.4 is 5.32 Å². The summed E-state index contributed by atoms with van der Waals surface area (Å²) in [5.74, 6) is -1.22. The van der Waals surface area contributed by atoms with Gasteiger partial charge < -0.3 is 5.32 Å². The lowest BCUT2D eigenvalue weighted by atomic mass is 10.0. The summed E-state index contributed by atoms with van der Waals surface area (Å²) in [6, 6.07) is 3.28. The summed E-state index contributed by atoms with van der Waals surface area (Å²) in [4.78, 5) is 0.736. The van der Waals surface area contributed by atoms with Gasteiger partial charge >= 0.3 is 0 Å². The fourth-order valence-electron chi connectivity index (χ4n) is 1.70. The molecule has 1 aromatic heterocycles. The number of rotatable bonds is 3. The van der Waals surface area contributed by atoms with Gasteiger partial charge in [-0.2, -0.15) is 0 Å². The van der Waals surface area contributed by atoms with E-state index in [9.17, 15) is 8.78 Å². The Morgan fingerprint density at radius 1 is 1.17 bits per heavy atom. The van der Waals surface area contributed by atoms with E-state index in [0.717, 1.165) is 17.0 Å². The second kappa shape index (κ2) is 5.53. The molecule has 96 valence electrons. The fraction of sp³-hybridized carbons (Fsp3) is 0.167. The molecule has 6 heteroatoms. The van der Waals surface area contributed by atoms with Gasteiger partial charge in [0.25, 0.3) is 0 Å². The summed E-state index contributed by atoms with van der Waals surface area (Å²) in [5, 5.41) is 5.01. The molecular formula is C12H9Cl2F2NS. The van der Waals surface area contributed by atoms with Crippen LogP contribution in [0.1, 0.15) is 16.5 Å². The van der Waals surface area contributed by atoms with E-state index < -0.39 is 17.7 Å². The van der Waals surface area contributed by atoms with Crippen molar-refractivity contribution in [1.29, 1.82) is 0 Å². The molecule has 0 aliphatic carbocycles. The Labute approximate surface area is 117 Å². The molecule has 1 nitrogen and oxygen atoms in total. The summed E-state index contributed by atoms with van der Waals surface area (Å²) in [6.45, 7) is 0. The normalized spacial score (nSPS) is 12.7. The molecule has 0 spiro atoms. The van der Waals surface area contributed by atoms with Crippen LogP contribution in [0.15, 0.2) is 23.6 Å². The SMILES string of the molecule is CNC(c1cc(F)c(Cl)cc1F)c1sccc1Cl. The third kappa shape index (κ3) is 2.52. The van der Waals surface area contributed by atoms with Gasteiger partial charge in [0.15, 0.2) is 0 Å². The van der Waals surface area contributed by atoms with Crippen LogP contribution >= 0.6 is 34.5 Å². The van der Waals surface area contributed by atoms with Gasteiger partial charge in [0, 0.05) is 10.4 Å². The minimum absolute atomic E-state index is 0.184. The zero-order chi connectivity index (χ0) is 13.3. The Bertz CT molecular complexity index is 571. The molecule has 0 radical (unpaired) electrons. The van der Waals surface area contributed by atoms with Crippen LogP contribution in [0.2, 0.25) is 10.0 Å². The second-order valence-electron chi connectivity index (χ2n) is 3.64. The molecule has 1 heterocycles. The number of thiophene rings is 1. The lowest BCUT2D eigenvalue weighted by molar-refractivity contribution is 0.561. The average Bonchev–Trinajstić information content (AvgIpc) is 2.73. The first kappa shape index (κ1) is 13.7. The third-order valence-electron chi connectivity index (χ3n) is 2.55. The van der Waals surface area contributed by atoms with E-state index in [1.54, 1.807) is 18.5 Å². The van der Waals surface area contributed by atoms with Crippen molar-refractivity contribution in [2.45, 2.75) is 6.04 Å². The van der Waals surface area contributed by atoms with Crippen molar-refractivity contribution in [3.63, 3.8) is 0 Å². The minimum Gasteiger partial charge on any atom is -0.309 e. The number of hydrogen-bond acceptors (Lipinski definition) is 2. The summed E-state index contributed by atoms with van der Waals surface area (Å²) in [7, 11) is 1.66. The highest BCUT2D eigenvalue weighted by Crippen LogP contribution is 2.35. The van der Waals surface area contributed by atoms with Gasteiger partial charge in [0.05, 0.1) is 16.1 Å². The standard InChI is InChI=1S/C12H9Cl2F2NS/c1-17-11(12-7(13)2-3-18-12)6-4-10(16)8(14)5-9(6)15/h2-5,11,17H,1H3. The van der Waals surface area contributed by atoms with Crippen molar-refractivity contribution >= 4 is 34.5 Å². The molecule has 0 amide bonds. The van der Waals surface area contributed by atoms with Crippen molar-refractivity contribution in [2.75, 3.05) is 7.05 Å². The van der Waals surface area contributed by atoms with E-state index in [0.29, 0.717) is 5.02 Å². The molecule has 0 aliphatic heterocycles. The fourth-order valence-corrected chi connectivity index (χ4v) is 3.14. The summed E-state index contributed by atoms with van der Waals surface area (Å²) < 4.78 is 27.3. The topological polar surface area (TPSA) is 12.0 Å². The van der Waals surface area contributed by atoms with Crippen molar-refractivity contribution < 1.29 is 8.78 Å². The first-order chi connectivity index (χ1) is 8.54. The molecule has 2 rings (SSSR count). The van der Waals surface area contributed by atoms with Crippen molar-refractivity contribution in [3.05, 3.63) is 55.7 Å². The largest absolute Gasteiger partial charge is 0.309 e. The molecule has 0 saturated carbocycles. The van der Waals surface area contributed by atoms with Crippen LogP contribution in [-0.2, 0) is 0 Å². The number of halogens is 4. The monoisotopic (exact) mass is 307 g/mol. The Morgan fingerprint density at radius 2 is 1.89 bits per heavy atom. The zero-order valence-corrected chi connectivity index (χ0v) is 11.6. The second-order valence-corrected chi connectivity index (χ2v) is 5.40. The zero-order valence-electron chi connectivity index (χ0n) is 9.31. The maximum absolute atomic E-state index is 13.9. The maximum Gasteiger partial charge on any atom is 0.142 e. The Balaban J connectivity index is 2.52. The molecule has 1 atom stereocenters. The molecule has 0 fully saturated rings. The summed E-state index contributed by atoms with van der Waals surface area (Å²) >= 11 is 12.9. The Kier molecular flexibility index (Phi) is 4.22. The van der Waals surface area contributed by atoms with Gasteiger partial charge in [-0.25, -0.2) is 8.78 Å². The highest BCUT2D eigenvalue weighted by molar-refractivity contribution is 7.10. The molecule has 0 aliphatic rings. The predicted octanol–water partition coefficient (Wildman–Crippen LogP) is 4.64. The van der Waals surface area contributed by atoms with Crippen LogP contribution in [0, 0.1) is 11.6 Å². The molecule has 1 aromatic carbocycles. The highest BCUT2D eigenvalue weighted by Gasteiger charge is 2.21. The Hall–Kier alpha value is -0.680. The van der Waals surface area contributed by atoms with Gasteiger partial charge in [-0.1, -0.05) is 23.2 Å². The molecular weight excluding hydrogens is 299 g/mol. The maximum atomic E-state index is 13.9. The molecule has 0 saturated heterocycles. The lowest BCUT2D eigenvalue weighted by Gasteiger charge is -2.17. The van der Waals surface area contributed by atoms with Crippen molar-refractivity contribution in [1.82, 2.24) is 5.32 Å². The van der Waals surface area contributed by atoms with Crippen LogP contribution in [0.3, 0.4) is 0 Å². The van der Waals surface area contributed by atoms with E-state index in [1.807, 2.05) is 0 Å². The van der Waals surface area contributed by atoms with E-state index >= 15 is 0 Å². The van der Waals surface area contributed by atoms with Crippen LogP contribution in [0.5, 0.6) is 0 Å². The first-order valence-corrected chi connectivity index (χ1v) is 6.72. The smallest absolute Gasteiger partial charge is 0.142 e. The van der Waals surface area contributed by atoms with Crippen molar-refractivity contribution in [2.24, 2.45) is 0 Å². The van der Waals surface area contributed by atoms with Gasteiger partial charge in [-0.05, 0) is 30.6 Å². The predicted molar refractivity (Wildman–Crippen MR) is 71.6 cm³/mol. The lowest BCUT2D eigenvalue weighted by Crippen LogP contribution is -2.18. The number of nitrogens with one attached hydrogen (secondary N) is 1. The van der Waals surface area contributed by atoms with E-state index in [1.165, 1.54) is 11.3 Å². The van der Waals surface area contributed by atoms with Gasteiger partial charge in [0.1, 0.15) is 11.6 Å². The molecule has 18 heavy (non-hydrogen) atoms. The number of benzene rings is 1. The number of hydrogen-bond donors (Lipinski definition) is 1. The molecule has 1 unspecified atom stereocenters. The first-order valence-electron chi connectivity index (χ1n) is 5.09. The summed E-state index contributed by atoms with van der Waals surface area (Å²) in [5.41, 5.74) is 0.184. The highest BCUT2D eigenvalue weighted by atomic mass is 35.5. The van der Waals surface area contributed by atoms with Crippen molar-refractivity contribution in [3.8, 4) is 0 Å². The van der Waals surface area contributed by atoms with Crippen LogP contribution in [0.4, 0.5) is 8.78 Å². The van der Waals surface area contributed by atoms with Gasteiger partial charge in [0.2, 0.25) is 0 Å². The van der Waals surface area contributed by atoms with E-state index in [2.05, 4.69) is 5.32 Å². The van der Waals surface area contributed by atoms with E-state index in [-0.39, 0.29) is 10.6 Å². The quantitative estimate of drug-likeness (QED) is 0.814. The Morgan fingerprint density at radius 3 is 2.44 bits per heavy atom. The average molecular weight is 308 g/mol.